The average molecular weight is 354 g/mol. The second-order valence-electron chi connectivity index (χ2n) is 6.29. The molecule has 1 aromatic heterocycles. The van der Waals surface area contributed by atoms with Crippen LogP contribution in [0, 0.1) is 5.41 Å². The molecule has 0 aliphatic rings. The summed E-state index contributed by atoms with van der Waals surface area (Å²) < 4.78 is 28.4. The van der Waals surface area contributed by atoms with Crippen LogP contribution >= 0.6 is 27.3 Å². The molecule has 6 heteroatoms. The highest BCUT2D eigenvalue weighted by atomic mass is 79.9. The van der Waals surface area contributed by atoms with Gasteiger partial charge in [-0.15, -0.1) is 11.3 Å². The van der Waals surface area contributed by atoms with Crippen LogP contribution in [0.25, 0.3) is 0 Å². The summed E-state index contributed by atoms with van der Waals surface area (Å²) in [5.41, 5.74) is -0.393. The molecule has 18 heavy (non-hydrogen) atoms. The van der Waals surface area contributed by atoms with Crippen LogP contribution in [0.3, 0.4) is 0 Å². The summed E-state index contributed by atoms with van der Waals surface area (Å²) in [7, 11) is -3.43. The quantitative estimate of drug-likeness (QED) is 0.888. The number of thiophene rings is 1. The fourth-order valence-corrected chi connectivity index (χ4v) is 5.64. The number of hydrogen-bond acceptors (Lipinski definition) is 3. The van der Waals surface area contributed by atoms with Gasteiger partial charge in [-0.2, -0.15) is 0 Å². The van der Waals surface area contributed by atoms with Crippen molar-refractivity contribution in [3.63, 3.8) is 0 Å². The van der Waals surface area contributed by atoms with Crippen LogP contribution in [-0.4, -0.2) is 14.0 Å². The second-order valence-corrected chi connectivity index (χ2v) is 10.7. The summed E-state index contributed by atoms with van der Waals surface area (Å²) in [4.78, 5) is 0. The maximum atomic E-state index is 12.2. The van der Waals surface area contributed by atoms with Gasteiger partial charge < -0.3 is 0 Å². The van der Waals surface area contributed by atoms with Gasteiger partial charge >= 0.3 is 0 Å². The zero-order chi connectivity index (χ0) is 14.2. The maximum absolute atomic E-state index is 12.2. The highest BCUT2D eigenvalue weighted by Crippen LogP contribution is 2.30. The van der Waals surface area contributed by atoms with Gasteiger partial charge in [0.15, 0.2) is 0 Å². The van der Waals surface area contributed by atoms with Crippen molar-refractivity contribution in [1.82, 2.24) is 4.72 Å². The summed E-state index contributed by atoms with van der Waals surface area (Å²) in [5, 5.41) is 0. The van der Waals surface area contributed by atoms with Gasteiger partial charge in [-0.3, -0.25) is 0 Å². The van der Waals surface area contributed by atoms with E-state index in [0.29, 0.717) is 4.21 Å². The first-order valence-corrected chi connectivity index (χ1v) is 8.80. The van der Waals surface area contributed by atoms with Crippen LogP contribution in [0.2, 0.25) is 0 Å². The summed E-state index contributed by atoms with van der Waals surface area (Å²) >= 11 is 4.50. The zero-order valence-electron chi connectivity index (χ0n) is 11.4. The molecule has 0 spiro atoms. The molecule has 1 rings (SSSR count). The molecule has 0 saturated carbocycles. The van der Waals surface area contributed by atoms with Crippen molar-refractivity contribution >= 4 is 37.3 Å². The van der Waals surface area contributed by atoms with E-state index < -0.39 is 15.6 Å². The molecular formula is C12H20BrNO2S2. The van der Waals surface area contributed by atoms with Crippen LogP contribution in [-0.2, 0) is 10.0 Å². The fourth-order valence-electron chi connectivity index (χ4n) is 2.22. The predicted molar refractivity (Wildman–Crippen MR) is 80.5 cm³/mol. The molecule has 0 atom stereocenters. The van der Waals surface area contributed by atoms with Crippen molar-refractivity contribution in [1.29, 1.82) is 0 Å². The van der Waals surface area contributed by atoms with E-state index in [-0.39, 0.29) is 5.41 Å². The topological polar surface area (TPSA) is 46.2 Å². The molecule has 104 valence electrons. The molecule has 1 aromatic rings. The second kappa shape index (κ2) is 5.23. The Labute approximate surface area is 122 Å². The lowest BCUT2D eigenvalue weighted by atomic mass is 9.82. The van der Waals surface area contributed by atoms with Crippen molar-refractivity contribution in [3.8, 4) is 0 Å². The van der Waals surface area contributed by atoms with Gasteiger partial charge in [-0.05, 0) is 53.7 Å². The normalized spacial score (nSPS) is 13.9. The van der Waals surface area contributed by atoms with Crippen LogP contribution in [0.1, 0.15) is 41.0 Å². The molecule has 0 amide bonds. The van der Waals surface area contributed by atoms with E-state index in [2.05, 4.69) is 41.4 Å². The Morgan fingerprint density at radius 3 is 2.17 bits per heavy atom. The largest absolute Gasteiger partial charge is 0.250 e. The van der Waals surface area contributed by atoms with Crippen LogP contribution in [0.5, 0.6) is 0 Å². The Balaban J connectivity index is 2.90. The zero-order valence-corrected chi connectivity index (χ0v) is 14.6. The molecule has 0 fully saturated rings. The van der Waals surface area contributed by atoms with E-state index in [9.17, 15) is 8.42 Å². The van der Waals surface area contributed by atoms with Gasteiger partial charge in [0.2, 0.25) is 0 Å². The van der Waals surface area contributed by atoms with E-state index in [1.807, 2.05) is 13.8 Å². The summed E-state index contributed by atoms with van der Waals surface area (Å²) in [6.07, 6.45) is 0.770. The van der Waals surface area contributed by atoms with Crippen LogP contribution in [0.15, 0.2) is 20.1 Å². The minimum atomic E-state index is -3.43. The highest BCUT2D eigenvalue weighted by molar-refractivity contribution is 9.11. The molecule has 0 aliphatic heterocycles. The van der Waals surface area contributed by atoms with Crippen molar-refractivity contribution in [2.24, 2.45) is 5.41 Å². The van der Waals surface area contributed by atoms with Crippen molar-refractivity contribution in [3.05, 3.63) is 15.9 Å². The van der Waals surface area contributed by atoms with Crippen molar-refractivity contribution in [2.75, 3.05) is 0 Å². The van der Waals surface area contributed by atoms with Crippen molar-refractivity contribution in [2.45, 2.75) is 50.8 Å². The molecule has 0 aromatic carbocycles. The summed E-state index contributed by atoms with van der Waals surface area (Å²) in [6.45, 7) is 10.1. The molecule has 3 nitrogen and oxygen atoms in total. The standard InChI is InChI=1S/C12H20BrNO2S2/c1-11(2,3)8-12(4,5)14-18(15,16)10-7-6-9(13)17-10/h6-7,14H,8H2,1-5H3. The lowest BCUT2D eigenvalue weighted by Crippen LogP contribution is -2.45. The minimum absolute atomic E-state index is 0.0715. The number of nitrogens with one attached hydrogen (secondary N) is 1. The Hall–Kier alpha value is 0.0900. The number of halogens is 1. The van der Waals surface area contributed by atoms with Gasteiger partial charge in [-0.25, -0.2) is 13.1 Å². The van der Waals surface area contributed by atoms with Crippen molar-refractivity contribution < 1.29 is 8.42 Å². The first kappa shape index (κ1) is 16.1. The third-order valence-corrected chi connectivity index (χ3v) is 6.01. The smallest absolute Gasteiger partial charge is 0.206 e. The summed E-state index contributed by atoms with van der Waals surface area (Å²) in [5.74, 6) is 0. The molecule has 1 heterocycles. The first-order chi connectivity index (χ1) is 7.91. The number of sulfonamides is 1. The molecule has 0 radical (unpaired) electrons. The SMILES string of the molecule is CC(C)(C)CC(C)(C)NS(=O)(=O)c1ccc(Br)s1. The average Bonchev–Trinajstić information content (AvgIpc) is 2.44. The van der Waals surface area contributed by atoms with Crippen LogP contribution < -0.4 is 4.72 Å². The lowest BCUT2D eigenvalue weighted by Gasteiger charge is -2.32. The number of hydrogen-bond donors (Lipinski definition) is 1. The third kappa shape index (κ3) is 4.99. The van der Waals surface area contributed by atoms with E-state index in [4.69, 9.17) is 0 Å². The molecule has 1 N–H and O–H groups in total. The van der Waals surface area contributed by atoms with E-state index >= 15 is 0 Å². The monoisotopic (exact) mass is 353 g/mol. The third-order valence-electron chi connectivity index (χ3n) is 2.20. The Morgan fingerprint density at radius 1 is 1.22 bits per heavy atom. The van der Waals surface area contributed by atoms with Gasteiger partial charge in [0.1, 0.15) is 4.21 Å². The van der Waals surface area contributed by atoms with Crippen LogP contribution in [0.4, 0.5) is 0 Å². The van der Waals surface area contributed by atoms with E-state index in [1.165, 1.54) is 11.3 Å². The van der Waals surface area contributed by atoms with Gasteiger partial charge in [0.05, 0.1) is 3.79 Å². The van der Waals surface area contributed by atoms with Gasteiger partial charge in [0.25, 0.3) is 10.0 Å². The maximum Gasteiger partial charge on any atom is 0.250 e. The Morgan fingerprint density at radius 2 is 1.78 bits per heavy atom. The number of rotatable bonds is 4. The molecular weight excluding hydrogens is 334 g/mol. The first-order valence-electron chi connectivity index (χ1n) is 5.71. The molecule has 0 saturated heterocycles. The van der Waals surface area contributed by atoms with Gasteiger partial charge in [-0.1, -0.05) is 20.8 Å². The minimum Gasteiger partial charge on any atom is -0.206 e. The summed E-state index contributed by atoms with van der Waals surface area (Å²) in [6, 6.07) is 3.36. The highest BCUT2D eigenvalue weighted by Gasteiger charge is 2.31. The molecule has 0 aliphatic carbocycles. The van der Waals surface area contributed by atoms with E-state index in [0.717, 1.165) is 10.2 Å². The lowest BCUT2D eigenvalue weighted by molar-refractivity contribution is 0.269. The van der Waals surface area contributed by atoms with E-state index in [1.54, 1.807) is 12.1 Å². The predicted octanol–water partition coefficient (Wildman–Crippen LogP) is 4.00. The molecule has 0 bridgehead atoms. The molecule has 0 unspecified atom stereocenters. The van der Waals surface area contributed by atoms with Gasteiger partial charge in [0, 0.05) is 5.54 Å². The Bertz CT molecular complexity index is 512. The Kier molecular flexibility index (Phi) is 4.69. The fraction of sp³-hybridized carbons (Fsp3) is 0.667.